The number of aromatic amines is 1. The molecule has 1 amide bonds. The zero-order chi connectivity index (χ0) is 21.9. The van der Waals surface area contributed by atoms with Crippen LogP contribution in [-0.2, 0) is 23.1 Å². The number of anilines is 1. The summed E-state index contributed by atoms with van der Waals surface area (Å²) in [4.78, 5) is 12.7. The molecule has 3 rings (SSSR count). The van der Waals surface area contributed by atoms with Crippen LogP contribution in [0.25, 0.3) is 0 Å². The number of hydrogen-bond acceptors (Lipinski definition) is 5. The monoisotopic (exact) mass is 445 g/mol. The van der Waals surface area contributed by atoms with E-state index >= 15 is 0 Å². The Morgan fingerprint density at radius 2 is 1.87 bits per heavy atom. The lowest BCUT2D eigenvalue weighted by Gasteiger charge is -2.12. The predicted molar refractivity (Wildman–Crippen MR) is 117 cm³/mol. The van der Waals surface area contributed by atoms with Crippen LogP contribution in [0.5, 0.6) is 0 Å². The van der Waals surface area contributed by atoms with Crippen LogP contribution in [0.15, 0.2) is 47.4 Å². The molecule has 0 aliphatic carbocycles. The summed E-state index contributed by atoms with van der Waals surface area (Å²) in [6.45, 7) is 6.39. The highest BCUT2D eigenvalue weighted by Crippen LogP contribution is 2.20. The molecule has 1 aromatic heterocycles. The largest absolute Gasteiger partial charge is 0.345 e. The van der Waals surface area contributed by atoms with Crippen molar-refractivity contribution in [3.8, 4) is 0 Å². The van der Waals surface area contributed by atoms with Crippen molar-refractivity contribution in [3.05, 3.63) is 69.8 Å². The number of rotatable bonds is 7. The van der Waals surface area contributed by atoms with Gasteiger partial charge in [0.15, 0.2) is 10.6 Å². The van der Waals surface area contributed by atoms with Crippen LogP contribution in [0.3, 0.4) is 0 Å². The lowest BCUT2D eigenvalue weighted by atomic mass is 10.1. The van der Waals surface area contributed by atoms with E-state index in [4.69, 9.17) is 12.2 Å². The Bertz CT molecular complexity index is 1230. The van der Waals surface area contributed by atoms with Gasteiger partial charge >= 0.3 is 0 Å². The van der Waals surface area contributed by atoms with Crippen molar-refractivity contribution in [2.45, 2.75) is 38.8 Å². The van der Waals surface area contributed by atoms with Gasteiger partial charge in [0.25, 0.3) is 15.9 Å². The van der Waals surface area contributed by atoms with E-state index in [1.54, 1.807) is 29.7 Å². The number of H-pyrrole nitrogens is 1. The predicted octanol–water partition coefficient (Wildman–Crippen LogP) is 3.31. The molecule has 0 aliphatic rings. The van der Waals surface area contributed by atoms with Crippen molar-refractivity contribution in [3.63, 3.8) is 0 Å². The van der Waals surface area contributed by atoms with Crippen molar-refractivity contribution in [1.29, 1.82) is 0 Å². The number of carbonyl (C=O) groups excluding carboxylic acids is 1. The number of aryl methyl sites for hydroxylation is 2. The van der Waals surface area contributed by atoms with Gasteiger partial charge in [-0.05, 0) is 62.8 Å². The average Bonchev–Trinajstić information content (AvgIpc) is 3.07. The average molecular weight is 446 g/mol. The maximum Gasteiger partial charge on any atom is 0.261 e. The summed E-state index contributed by atoms with van der Waals surface area (Å²) < 4.78 is 30.3. The number of aromatic nitrogens is 3. The number of nitrogens with zero attached hydrogens (tertiary/aromatic N) is 2. The molecule has 2 aromatic carbocycles. The molecule has 10 heteroatoms. The van der Waals surface area contributed by atoms with E-state index < -0.39 is 15.9 Å². The van der Waals surface area contributed by atoms with Crippen molar-refractivity contribution < 1.29 is 13.2 Å². The number of sulfonamides is 1. The number of nitrogens with one attached hydrogen (secondary N) is 3. The molecule has 0 atom stereocenters. The third-order valence-corrected chi connectivity index (χ3v) is 6.32. The second-order valence-corrected chi connectivity index (χ2v) is 8.89. The lowest BCUT2D eigenvalue weighted by Crippen LogP contribution is -2.26. The van der Waals surface area contributed by atoms with Gasteiger partial charge in [-0.25, -0.2) is 8.42 Å². The minimum absolute atomic E-state index is 0.00932. The first-order chi connectivity index (χ1) is 14.2. The third kappa shape index (κ3) is 4.77. The summed E-state index contributed by atoms with van der Waals surface area (Å²) in [5.41, 5.74) is 2.42. The van der Waals surface area contributed by atoms with E-state index in [9.17, 15) is 13.2 Å². The molecule has 0 spiro atoms. The van der Waals surface area contributed by atoms with E-state index in [-0.39, 0.29) is 17.0 Å². The van der Waals surface area contributed by atoms with E-state index in [1.165, 1.54) is 12.1 Å². The molecular weight excluding hydrogens is 422 g/mol. The first-order valence-corrected chi connectivity index (χ1v) is 11.2. The molecule has 0 unspecified atom stereocenters. The Morgan fingerprint density at radius 3 is 2.53 bits per heavy atom. The van der Waals surface area contributed by atoms with Gasteiger partial charge in [-0.1, -0.05) is 23.8 Å². The third-order valence-electron chi connectivity index (χ3n) is 4.63. The molecule has 0 saturated heterocycles. The highest BCUT2D eigenvalue weighted by atomic mass is 32.2. The van der Waals surface area contributed by atoms with Gasteiger partial charge in [-0.15, -0.1) is 0 Å². The molecule has 3 aromatic rings. The normalized spacial score (nSPS) is 11.3. The molecule has 30 heavy (non-hydrogen) atoms. The molecule has 8 nitrogen and oxygen atoms in total. The van der Waals surface area contributed by atoms with Crippen molar-refractivity contribution >= 4 is 33.8 Å². The molecule has 1 heterocycles. The summed E-state index contributed by atoms with van der Waals surface area (Å²) >= 11 is 5.14. The van der Waals surface area contributed by atoms with Crippen LogP contribution < -0.4 is 10.0 Å². The van der Waals surface area contributed by atoms with Crippen LogP contribution in [0.2, 0.25) is 0 Å². The van der Waals surface area contributed by atoms with Gasteiger partial charge in [0.1, 0.15) is 0 Å². The van der Waals surface area contributed by atoms with Crippen molar-refractivity contribution in [1.82, 2.24) is 20.1 Å². The molecule has 0 fully saturated rings. The SMILES string of the molecule is CCn1c(CNC(=O)c2cc(S(=O)(=O)Nc3ccc(C)cc3)ccc2C)n[nH]c1=S. The molecule has 0 aliphatic heterocycles. The first kappa shape index (κ1) is 21.7. The number of carbonyl (C=O) groups is 1. The van der Waals surface area contributed by atoms with Crippen LogP contribution in [0.1, 0.15) is 34.2 Å². The van der Waals surface area contributed by atoms with Gasteiger partial charge in [-0.3, -0.25) is 14.6 Å². The Morgan fingerprint density at radius 1 is 1.17 bits per heavy atom. The van der Waals surface area contributed by atoms with Gasteiger partial charge in [0.2, 0.25) is 0 Å². The van der Waals surface area contributed by atoms with Crippen LogP contribution in [0.4, 0.5) is 5.69 Å². The van der Waals surface area contributed by atoms with E-state index in [2.05, 4.69) is 20.2 Å². The van der Waals surface area contributed by atoms with Crippen molar-refractivity contribution in [2.24, 2.45) is 0 Å². The highest BCUT2D eigenvalue weighted by molar-refractivity contribution is 7.92. The highest BCUT2D eigenvalue weighted by Gasteiger charge is 2.19. The minimum atomic E-state index is -3.84. The topological polar surface area (TPSA) is 109 Å². The van der Waals surface area contributed by atoms with Gasteiger partial charge < -0.3 is 9.88 Å². The maximum absolute atomic E-state index is 12.8. The fraction of sp³-hybridized carbons (Fsp3) is 0.250. The zero-order valence-electron chi connectivity index (χ0n) is 16.9. The summed E-state index contributed by atoms with van der Waals surface area (Å²) in [6.07, 6.45) is 0. The smallest absolute Gasteiger partial charge is 0.261 e. The van der Waals surface area contributed by atoms with E-state index in [0.717, 1.165) is 5.56 Å². The maximum atomic E-state index is 12.8. The summed E-state index contributed by atoms with van der Waals surface area (Å²) in [5.74, 6) is 0.203. The van der Waals surface area contributed by atoms with Crippen LogP contribution in [0, 0.1) is 18.6 Å². The molecule has 3 N–H and O–H groups in total. The summed E-state index contributed by atoms with van der Waals surface area (Å²) in [7, 11) is -3.84. The molecule has 0 bridgehead atoms. The molecule has 158 valence electrons. The Kier molecular flexibility index (Phi) is 6.37. The standard InChI is InChI=1S/C20H23N5O3S2/c1-4-25-18(22-23-20(25)29)12-21-19(26)17-11-16(10-7-14(17)3)30(27,28)24-15-8-5-13(2)6-9-15/h5-11,24H,4,12H2,1-3H3,(H,21,26)(H,23,29). The quantitative estimate of drug-likeness (QED) is 0.484. The molecule has 0 saturated carbocycles. The van der Waals surface area contributed by atoms with Gasteiger partial charge in [-0.2, -0.15) is 5.10 Å². The van der Waals surface area contributed by atoms with Gasteiger partial charge in [0.05, 0.1) is 11.4 Å². The fourth-order valence-corrected chi connectivity index (χ4v) is 4.28. The fourth-order valence-electron chi connectivity index (χ4n) is 2.91. The second kappa shape index (κ2) is 8.80. The molecule has 0 radical (unpaired) electrons. The minimum Gasteiger partial charge on any atom is -0.345 e. The summed E-state index contributed by atoms with van der Waals surface area (Å²) in [5, 5.41) is 9.58. The van der Waals surface area contributed by atoms with Crippen molar-refractivity contribution in [2.75, 3.05) is 4.72 Å². The Labute approximate surface area is 180 Å². The number of hydrogen-bond donors (Lipinski definition) is 3. The number of amides is 1. The zero-order valence-corrected chi connectivity index (χ0v) is 18.5. The van der Waals surface area contributed by atoms with Gasteiger partial charge in [0, 0.05) is 17.8 Å². The molecular formula is C20H23N5O3S2. The first-order valence-electron chi connectivity index (χ1n) is 9.33. The summed E-state index contributed by atoms with van der Waals surface area (Å²) in [6, 6.07) is 11.5. The Balaban J connectivity index is 1.80. The van der Waals surface area contributed by atoms with E-state index in [0.29, 0.717) is 28.4 Å². The second-order valence-electron chi connectivity index (χ2n) is 6.82. The van der Waals surface area contributed by atoms with E-state index in [1.807, 2.05) is 26.0 Å². The van der Waals surface area contributed by atoms with Crippen LogP contribution in [-0.4, -0.2) is 29.1 Å². The Hall–Kier alpha value is -2.98. The van der Waals surface area contributed by atoms with Crippen LogP contribution >= 0.6 is 12.2 Å². The number of benzene rings is 2. The lowest BCUT2D eigenvalue weighted by molar-refractivity contribution is 0.0948.